The van der Waals surface area contributed by atoms with E-state index in [0.717, 1.165) is 25.7 Å². The van der Waals surface area contributed by atoms with Crippen LogP contribution in [0.4, 0.5) is 0 Å². The number of nitrogens with zero attached hydrogens (tertiary/aromatic N) is 1. The molecule has 124 valence electrons. The molecule has 0 aromatic heterocycles. The molecule has 1 atom stereocenters. The summed E-state index contributed by atoms with van der Waals surface area (Å²) in [5, 5.41) is 12.5. The highest BCUT2D eigenvalue weighted by Gasteiger charge is 2.28. The molecule has 2 heterocycles. The van der Waals surface area contributed by atoms with Gasteiger partial charge in [-0.3, -0.25) is 9.59 Å². The van der Waals surface area contributed by atoms with Crippen molar-refractivity contribution >= 4 is 11.8 Å². The van der Waals surface area contributed by atoms with Crippen LogP contribution in [0.5, 0.6) is 5.75 Å². The Balaban J connectivity index is 1.50. The molecule has 0 spiro atoms. The summed E-state index contributed by atoms with van der Waals surface area (Å²) in [7, 11) is 0. The molecule has 1 aromatic rings. The molecule has 3 rings (SSSR count). The summed E-state index contributed by atoms with van der Waals surface area (Å²) in [5.74, 6) is -0.0142. The third-order valence-corrected chi connectivity index (χ3v) is 4.44. The number of benzene rings is 1. The molecule has 0 bridgehead atoms. The second-order valence-corrected chi connectivity index (χ2v) is 6.13. The molecule has 1 aromatic carbocycles. The van der Waals surface area contributed by atoms with Crippen LogP contribution in [0.3, 0.4) is 0 Å². The SMILES string of the molecule is O=C(NC1CCN(C(=O)c2cccc(O)c2)CC1)C1CCCO1. The molecule has 0 radical (unpaired) electrons. The highest BCUT2D eigenvalue weighted by Crippen LogP contribution is 2.18. The summed E-state index contributed by atoms with van der Waals surface area (Å²) >= 11 is 0. The number of ether oxygens (including phenoxy) is 1. The second kappa shape index (κ2) is 7.00. The first-order valence-electron chi connectivity index (χ1n) is 8.14. The van der Waals surface area contributed by atoms with Crippen LogP contribution in [0.25, 0.3) is 0 Å². The first-order valence-corrected chi connectivity index (χ1v) is 8.14. The zero-order valence-corrected chi connectivity index (χ0v) is 13.0. The van der Waals surface area contributed by atoms with Gasteiger partial charge in [0, 0.05) is 31.3 Å². The molecule has 2 fully saturated rings. The molecule has 1 unspecified atom stereocenters. The molecule has 6 nitrogen and oxygen atoms in total. The Morgan fingerprint density at radius 2 is 2.00 bits per heavy atom. The number of hydrogen-bond donors (Lipinski definition) is 2. The standard InChI is InChI=1S/C17H22N2O4/c20-14-4-1-3-12(11-14)17(22)19-8-6-13(7-9-19)18-16(21)15-5-2-10-23-15/h1,3-4,11,13,15,20H,2,5-10H2,(H,18,21). The minimum Gasteiger partial charge on any atom is -0.508 e. The van der Waals surface area contributed by atoms with Gasteiger partial charge in [-0.05, 0) is 43.9 Å². The maximum absolute atomic E-state index is 12.4. The van der Waals surface area contributed by atoms with E-state index in [9.17, 15) is 14.7 Å². The molecule has 0 aliphatic carbocycles. The molecular weight excluding hydrogens is 296 g/mol. The van der Waals surface area contributed by atoms with Crippen LogP contribution in [-0.4, -0.2) is 53.7 Å². The van der Waals surface area contributed by atoms with Crippen molar-refractivity contribution in [2.24, 2.45) is 0 Å². The number of aromatic hydroxyl groups is 1. The second-order valence-electron chi connectivity index (χ2n) is 6.13. The van der Waals surface area contributed by atoms with Gasteiger partial charge < -0.3 is 20.1 Å². The van der Waals surface area contributed by atoms with E-state index < -0.39 is 0 Å². The molecule has 2 aliphatic rings. The lowest BCUT2D eigenvalue weighted by molar-refractivity contribution is -0.131. The van der Waals surface area contributed by atoms with Crippen LogP contribution in [0.2, 0.25) is 0 Å². The largest absolute Gasteiger partial charge is 0.508 e. The van der Waals surface area contributed by atoms with Crippen LogP contribution >= 0.6 is 0 Å². The number of hydrogen-bond acceptors (Lipinski definition) is 4. The van der Waals surface area contributed by atoms with Gasteiger partial charge in [0.15, 0.2) is 0 Å². The number of phenols is 1. The zero-order chi connectivity index (χ0) is 16.2. The van der Waals surface area contributed by atoms with E-state index >= 15 is 0 Å². The van der Waals surface area contributed by atoms with E-state index in [0.29, 0.717) is 25.3 Å². The minimum atomic E-state index is -0.304. The van der Waals surface area contributed by atoms with Crippen LogP contribution in [-0.2, 0) is 9.53 Å². The normalized spacial score (nSPS) is 22.1. The van der Waals surface area contributed by atoms with Crippen LogP contribution in [0.1, 0.15) is 36.0 Å². The Hall–Kier alpha value is -2.08. The van der Waals surface area contributed by atoms with Crippen LogP contribution in [0.15, 0.2) is 24.3 Å². The first kappa shape index (κ1) is 15.8. The molecular formula is C17H22N2O4. The fourth-order valence-corrected chi connectivity index (χ4v) is 3.13. The smallest absolute Gasteiger partial charge is 0.253 e. The number of nitrogens with one attached hydrogen (secondary N) is 1. The monoisotopic (exact) mass is 318 g/mol. The van der Waals surface area contributed by atoms with E-state index in [1.54, 1.807) is 23.1 Å². The average molecular weight is 318 g/mol. The van der Waals surface area contributed by atoms with E-state index in [1.807, 2.05) is 0 Å². The highest BCUT2D eigenvalue weighted by molar-refractivity contribution is 5.94. The quantitative estimate of drug-likeness (QED) is 0.880. The lowest BCUT2D eigenvalue weighted by atomic mass is 10.0. The molecule has 2 aliphatic heterocycles. The van der Waals surface area contributed by atoms with Crippen molar-refractivity contribution in [2.45, 2.75) is 37.8 Å². The fraction of sp³-hybridized carbons (Fsp3) is 0.529. The lowest BCUT2D eigenvalue weighted by Crippen LogP contribution is -2.48. The Kier molecular flexibility index (Phi) is 4.81. The van der Waals surface area contributed by atoms with Gasteiger partial charge in [0.25, 0.3) is 5.91 Å². The summed E-state index contributed by atoms with van der Waals surface area (Å²) in [4.78, 5) is 26.2. The molecule has 2 saturated heterocycles. The van der Waals surface area contributed by atoms with Crippen LogP contribution < -0.4 is 5.32 Å². The number of phenolic OH excluding ortho intramolecular Hbond substituents is 1. The number of piperidine rings is 1. The molecule has 0 saturated carbocycles. The van der Waals surface area contributed by atoms with E-state index in [1.165, 1.54) is 6.07 Å². The van der Waals surface area contributed by atoms with E-state index in [-0.39, 0.29) is 29.7 Å². The van der Waals surface area contributed by atoms with Crippen LogP contribution in [0, 0.1) is 0 Å². The van der Waals surface area contributed by atoms with Gasteiger partial charge in [-0.25, -0.2) is 0 Å². The molecule has 23 heavy (non-hydrogen) atoms. The number of rotatable bonds is 3. The van der Waals surface area contributed by atoms with Gasteiger partial charge in [0.05, 0.1) is 0 Å². The topological polar surface area (TPSA) is 78.9 Å². The molecule has 2 amide bonds. The lowest BCUT2D eigenvalue weighted by Gasteiger charge is -2.33. The van der Waals surface area contributed by atoms with E-state index in [2.05, 4.69) is 5.32 Å². The van der Waals surface area contributed by atoms with Crippen molar-refractivity contribution in [2.75, 3.05) is 19.7 Å². The average Bonchev–Trinajstić information content (AvgIpc) is 3.09. The Morgan fingerprint density at radius 1 is 1.22 bits per heavy atom. The summed E-state index contributed by atoms with van der Waals surface area (Å²) < 4.78 is 5.38. The summed E-state index contributed by atoms with van der Waals surface area (Å²) in [6.07, 6.45) is 2.91. The number of carbonyl (C=O) groups excluding carboxylic acids is 2. The Morgan fingerprint density at radius 3 is 2.65 bits per heavy atom. The number of carbonyl (C=O) groups is 2. The number of likely N-dealkylation sites (tertiary alicyclic amines) is 1. The van der Waals surface area contributed by atoms with Gasteiger partial charge in [0.1, 0.15) is 11.9 Å². The first-order chi connectivity index (χ1) is 11.1. The van der Waals surface area contributed by atoms with Crippen molar-refractivity contribution in [3.8, 4) is 5.75 Å². The maximum Gasteiger partial charge on any atom is 0.253 e. The van der Waals surface area contributed by atoms with Crippen molar-refractivity contribution < 1.29 is 19.4 Å². The predicted molar refractivity (Wildman–Crippen MR) is 84.1 cm³/mol. The van der Waals surface area contributed by atoms with Crippen molar-refractivity contribution in [3.63, 3.8) is 0 Å². The van der Waals surface area contributed by atoms with Gasteiger partial charge >= 0.3 is 0 Å². The Labute approximate surface area is 135 Å². The summed E-state index contributed by atoms with van der Waals surface area (Å²) in [6, 6.07) is 6.49. The molecule has 6 heteroatoms. The Bertz CT molecular complexity index is 576. The zero-order valence-electron chi connectivity index (χ0n) is 13.0. The van der Waals surface area contributed by atoms with Gasteiger partial charge in [-0.15, -0.1) is 0 Å². The molecule has 2 N–H and O–H groups in total. The minimum absolute atomic E-state index is 0.0275. The van der Waals surface area contributed by atoms with Gasteiger partial charge in [0.2, 0.25) is 5.91 Å². The fourth-order valence-electron chi connectivity index (χ4n) is 3.13. The number of amides is 2. The highest BCUT2D eigenvalue weighted by atomic mass is 16.5. The third-order valence-electron chi connectivity index (χ3n) is 4.44. The summed E-state index contributed by atoms with van der Waals surface area (Å²) in [6.45, 7) is 1.87. The van der Waals surface area contributed by atoms with E-state index in [4.69, 9.17) is 4.74 Å². The van der Waals surface area contributed by atoms with Gasteiger partial charge in [-0.1, -0.05) is 6.07 Å². The predicted octanol–water partition coefficient (Wildman–Crippen LogP) is 1.29. The summed E-state index contributed by atoms with van der Waals surface area (Å²) in [5.41, 5.74) is 0.492. The maximum atomic E-state index is 12.4. The third kappa shape index (κ3) is 3.82. The van der Waals surface area contributed by atoms with Crippen molar-refractivity contribution in [1.29, 1.82) is 0 Å². The van der Waals surface area contributed by atoms with Crippen molar-refractivity contribution in [3.05, 3.63) is 29.8 Å². The van der Waals surface area contributed by atoms with Gasteiger partial charge in [-0.2, -0.15) is 0 Å². The van der Waals surface area contributed by atoms with Crippen molar-refractivity contribution in [1.82, 2.24) is 10.2 Å².